The van der Waals surface area contributed by atoms with Crippen LogP contribution in [0.25, 0.3) is 28.1 Å². The molecule has 2 aromatic carbocycles. The van der Waals surface area contributed by atoms with Gasteiger partial charge in [0.2, 0.25) is 5.58 Å². The van der Waals surface area contributed by atoms with Crippen LogP contribution in [-0.4, -0.2) is 9.55 Å². The number of H-pyrrole nitrogens is 1. The van der Waals surface area contributed by atoms with Crippen molar-refractivity contribution in [1.29, 1.82) is 0 Å². The molecular formula is C18H12N2O2S. The van der Waals surface area contributed by atoms with E-state index in [0.29, 0.717) is 21.7 Å². The third-order valence-electron chi connectivity index (χ3n) is 3.65. The van der Waals surface area contributed by atoms with Gasteiger partial charge in [-0.05, 0) is 24.4 Å². The third-order valence-corrected chi connectivity index (χ3v) is 3.93. The van der Waals surface area contributed by atoms with Crippen molar-refractivity contribution in [2.24, 2.45) is 0 Å². The second kappa shape index (κ2) is 5.37. The van der Waals surface area contributed by atoms with Crippen molar-refractivity contribution in [3.63, 3.8) is 0 Å². The summed E-state index contributed by atoms with van der Waals surface area (Å²) in [5.41, 5.74) is 2.22. The number of nitrogens with one attached hydrogen (secondary N) is 1. The Bertz CT molecular complexity index is 1090. The molecule has 112 valence electrons. The minimum atomic E-state index is -0.267. The maximum absolute atomic E-state index is 12.8. The number of para-hydroxylation sites is 1. The molecule has 2 aromatic heterocycles. The number of rotatable bonds is 2. The number of benzene rings is 2. The number of hydrogen-bond donors (Lipinski definition) is 1. The predicted molar refractivity (Wildman–Crippen MR) is 92.4 cm³/mol. The van der Waals surface area contributed by atoms with E-state index < -0.39 is 0 Å². The van der Waals surface area contributed by atoms with Crippen LogP contribution in [0.1, 0.15) is 0 Å². The Morgan fingerprint density at radius 1 is 0.957 bits per heavy atom. The Balaban J connectivity index is 1.99. The largest absolute Gasteiger partial charge is 0.449 e. The molecule has 0 unspecified atom stereocenters. The highest BCUT2D eigenvalue weighted by atomic mass is 32.1. The van der Waals surface area contributed by atoms with Gasteiger partial charge in [-0.1, -0.05) is 48.5 Å². The molecule has 23 heavy (non-hydrogen) atoms. The van der Waals surface area contributed by atoms with Crippen LogP contribution in [0.2, 0.25) is 0 Å². The van der Waals surface area contributed by atoms with Gasteiger partial charge in [0.1, 0.15) is 5.76 Å². The van der Waals surface area contributed by atoms with Crippen LogP contribution >= 0.6 is 12.2 Å². The number of aromatic amines is 1. The van der Waals surface area contributed by atoms with Crippen LogP contribution in [0, 0.1) is 4.77 Å². The highest BCUT2D eigenvalue weighted by molar-refractivity contribution is 7.71. The second-order valence-electron chi connectivity index (χ2n) is 5.13. The van der Waals surface area contributed by atoms with Crippen molar-refractivity contribution in [2.45, 2.75) is 0 Å². The first-order chi connectivity index (χ1) is 11.2. The quantitative estimate of drug-likeness (QED) is 0.560. The summed E-state index contributed by atoms with van der Waals surface area (Å²) in [6.45, 7) is 0. The van der Waals surface area contributed by atoms with Gasteiger partial charge < -0.3 is 9.40 Å². The molecular weight excluding hydrogens is 308 g/mol. The van der Waals surface area contributed by atoms with Gasteiger partial charge in [0.05, 0.1) is 11.2 Å². The Hall–Kier alpha value is -2.92. The average Bonchev–Trinajstić information content (AvgIpc) is 3.01. The summed E-state index contributed by atoms with van der Waals surface area (Å²) in [7, 11) is 0. The molecule has 2 heterocycles. The molecule has 0 aliphatic rings. The third kappa shape index (κ3) is 2.31. The lowest BCUT2D eigenvalue weighted by molar-refractivity contribution is 0.621. The van der Waals surface area contributed by atoms with Gasteiger partial charge in [0.15, 0.2) is 4.77 Å². The summed E-state index contributed by atoms with van der Waals surface area (Å²) in [6, 6.07) is 20.7. The summed E-state index contributed by atoms with van der Waals surface area (Å²) in [5, 5.41) is 0. The fraction of sp³-hybridized carbons (Fsp3) is 0. The predicted octanol–water partition coefficient (Wildman–Crippen LogP) is 4.31. The van der Waals surface area contributed by atoms with E-state index >= 15 is 0 Å². The Morgan fingerprint density at radius 2 is 1.61 bits per heavy atom. The van der Waals surface area contributed by atoms with E-state index in [-0.39, 0.29) is 11.1 Å². The number of fused-ring (bicyclic) bond motifs is 1. The monoisotopic (exact) mass is 320 g/mol. The number of hydrogen-bond acceptors (Lipinski definition) is 3. The van der Waals surface area contributed by atoms with Crippen LogP contribution in [0.15, 0.2) is 75.9 Å². The number of nitrogens with zero attached hydrogens (tertiary/aromatic N) is 1. The minimum Gasteiger partial charge on any atom is -0.449 e. The smallest absolute Gasteiger partial charge is 0.302 e. The first-order valence-corrected chi connectivity index (χ1v) is 7.54. The van der Waals surface area contributed by atoms with E-state index in [1.165, 1.54) is 4.57 Å². The first kappa shape index (κ1) is 13.7. The molecule has 0 aliphatic heterocycles. The van der Waals surface area contributed by atoms with E-state index in [1.54, 1.807) is 6.07 Å². The summed E-state index contributed by atoms with van der Waals surface area (Å²) in [4.78, 5) is 15.8. The van der Waals surface area contributed by atoms with Crippen molar-refractivity contribution < 1.29 is 4.42 Å². The Morgan fingerprint density at radius 3 is 2.30 bits per heavy atom. The lowest BCUT2D eigenvalue weighted by Gasteiger charge is -2.04. The zero-order valence-electron chi connectivity index (χ0n) is 12.0. The van der Waals surface area contributed by atoms with Crippen molar-refractivity contribution >= 4 is 23.3 Å². The van der Waals surface area contributed by atoms with Gasteiger partial charge in [-0.2, -0.15) is 0 Å². The number of aromatic nitrogens is 2. The summed E-state index contributed by atoms with van der Waals surface area (Å²) in [5.74, 6) is 0.633. The molecule has 0 radical (unpaired) electrons. The lowest BCUT2D eigenvalue weighted by atomic mass is 10.2. The molecule has 0 spiro atoms. The Kier molecular flexibility index (Phi) is 3.20. The summed E-state index contributed by atoms with van der Waals surface area (Å²) >= 11 is 5.34. The maximum atomic E-state index is 12.8. The van der Waals surface area contributed by atoms with E-state index in [2.05, 4.69) is 4.98 Å². The molecule has 0 saturated heterocycles. The van der Waals surface area contributed by atoms with Crippen molar-refractivity contribution in [2.75, 3.05) is 0 Å². The summed E-state index contributed by atoms with van der Waals surface area (Å²) in [6.07, 6.45) is 0. The van der Waals surface area contributed by atoms with Crippen molar-refractivity contribution in [3.8, 4) is 17.0 Å². The maximum Gasteiger partial charge on any atom is 0.302 e. The molecule has 0 atom stereocenters. The van der Waals surface area contributed by atoms with E-state index in [1.807, 2.05) is 60.7 Å². The van der Waals surface area contributed by atoms with Gasteiger partial charge in [-0.15, -0.1) is 0 Å². The number of furan rings is 1. The zero-order valence-corrected chi connectivity index (χ0v) is 12.8. The second-order valence-corrected chi connectivity index (χ2v) is 5.51. The summed E-state index contributed by atoms with van der Waals surface area (Å²) < 4.78 is 7.57. The van der Waals surface area contributed by atoms with Crippen LogP contribution in [0.5, 0.6) is 0 Å². The van der Waals surface area contributed by atoms with E-state index in [9.17, 15) is 4.79 Å². The molecule has 1 N–H and O–H groups in total. The SMILES string of the molecule is O=c1c2oc(-c3ccccc3)cc2[nH]c(=S)n1-c1ccccc1. The van der Waals surface area contributed by atoms with Gasteiger partial charge in [0, 0.05) is 11.6 Å². The molecule has 0 aliphatic carbocycles. The molecule has 4 nitrogen and oxygen atoms in total. The molecule has 0 fully saturated rings. The molecule has 4 aromatic rings. The topological polar surface area (TPSA) is 50.9 Å². The normalized spacial score (nSPS) is 11.0. The van der Waals surface area contributed by atoms with Crippen LogP contribution in [0.3, 0.4) is 0 Å². The van der Waals surface area contributed by atoms with Gasteiger partial charge in [-0.25, -0.2) is 0 Å². The Labute approximate surface area is 136 Å². The standard InChI is InChI=1S/C18H12N2O2S/c21-17-16-14(11-15(22-16)12-7-3-1-4-8-12)19-18(23)20(17)13-9-5-2-6-10-13/h1-11H,(H,19,23). The molecule has 0 saturated carbocycles. The molecule has 0 bridgehead atoms. The lowest BCUT2D eigenvalue weighted by Crippen LogP contribution is -2.19. The highest BCUT2D eigenvalue weighted by Crippen LogP contribution is 2.25. The molecule has 5 heteroatoms. The van der Waals surface area contributed by atoms with E-state index in [4.69, 9.17) is 16.6 Å². The highest BCUT2D eigenvalue weighted by Gasteiger charge is 2.13. The van der Waals surface area contributed by atoms with Gasteiger partial charge in [0.25, 0.3) is 0 Å². The fourth-order valence-electron chi connectivity index (χ4n) is 2.56. The van der Waals surface area contributed by atoms with Crippen molar-refractivity contribution in [3.05, 3.63) is 81.9 Å². The fourth-order valence-corrected chi connectivity index (χ4v) is 2.86. The van der Waals surface area contributed by atoms with Crippen LogP contribution in [-0.2, 0) is 0 Å². The van der Waals surface area contributed by atoms with Crippen LogP contribution in [0.4, 0.5) is 0 Å². The minimum absolute atomic E-state index is 0.265. The molecule has 0 amide bonds. The van der Waals surface area contributed by atoms with Crippen LogP contribution < -0.4 is 5.56 Å². The van der Waals surface area contributed by atoms with Crippen molar-refractivity contribution in [1.82, 2.24) is 9.55 Å². The average molecular weight is 320 g/mol. The molecule has 4 rings (SSSR count). The zero-order chi connectivity index (χ0) is 15.8. The van der Waals surface area contributed by atoms with Gasteiger partial charge >= 0.3 is 5.56 Å². The van der Waals surface area contributed by atoms with Gasteiger partial charge in [-0.3, -0.25) is 9.36 Å². The van der Waals surface area contributed by atoms with E-state index in [0.717, 1.165) is 5.56 Å². The first-order valence-electron chi connectivity index (χ1n) is 7.14.